The van der Waals surface area contributed by atoms with Gasteiger partial charge < -0.3 is 10.1 Å². The summed E-state index contributed by atoms with van der Waals surface area (Å²) >= 11 is 0. The van der Waals surface area contributed by atoms with Gasteiger partial charge in [-0.15, -0.1) is 0 Å². The van der Waals surface area contributed by atoms with E-state index in [0.717, 1.165) is 5.56 Å². The van der Waals surface area contributed by atoms with Crippen LogP contribution in [-0.4, -0.2) is 27.0 Å². The minimum absolute atomic E-state index is 0.00945. The van der Waals surface area contributed by atoms with Crippen molar-refractivity contribution < 1.29 is 22.3 Å². The van der Waals surface area contributed by atoms with Crippen molar-refractivity contribution in [3.05, 3.63) is 89.7 Å². The number of halogens is 1. The van der Waals surface area contributed by atoms with E-state index < -0.39 is 27.8 Å². The van der Waals surface area contributed by atoms with Crippen LogP contribution >= 0.6 is 0 Å². The van der Waals surface area contributed by atoms with E-state index in [2.05, 4.69) is 10.0 Å². The summed E-state index contributed by atoms with van der Waals surface area (Å²) in [4.78, 5) is 13.0. The first-order chi connectivity index (χ1) is 15.3. The second-order valence-electron chi connectivity index (χ2n) is 7.19. The van der Waals surface area contributed by atoms with Crippen LogP contribution in [0.3, 0.4) is 0 Å². The number of hydrogen-bond acceptors (Lipinski definition) is 4. The van der Waals surface area contributed by atoms with Gasteiger partial charge in [0.2, 0.25) is 15.9 Å². The van der Waals surface area contributed by atoms with Gasteiger partial charge in [0, 0.05) is 0 Å². The van der Waals surface area contributed by atoms with Crippen molar-refractivity contribution in [3.63, 3.8) is 0 Å². The van der Waals surface area contributed by atoms with Gasteiger partial charge in [-0.1, -0.05) is 42.5 Å². The van der Waals surface area contributed by atoms with E-state index in [9.17, 15) is 17.6 Å². The number of carbonyl (C=O) groups is 1. The molecule has 0 fully saturated rings. The zero-order chi connectivity index (χ0) is 23.1. The fraction of sp³-hybridized carbons (Fsp3) is 0.208. The van der Waals surface area contributed by atoms with E-state index in [0.29, 0.717) is 17.9 Å². The van der Waals surface area contributed by atoms with Gasteiger partial charge in [-0.3, -0.25) is 4.79 Å². The van der Waals surface area contributed by atoms with Crippen LogP contribution in [0.5, 0.6) is 5.75 Å². The summed E-state index contributed by atoms with van der Waals surface area (Å²) < 4.78 is 48.1. The molecule has 3 aromatic rings. The number of hydrogen-bond donors (Lipinski definition) is 2. The quantitative estimate of drug-likeness (QED) is 0.509. The Balaban J connectivity index is 1.88. The molecule has 8 heteroatoms. The third kappa shape index (κ3) is 5.93. The molecule has 32 heavy (non-hydrogen) atoms. The summed E-state index contributed by atoms with van der Waals surface area (Å²) in [5.74, 6) is -0.681. The molecule has 1 amide bonds. The lowest BCUT2D eigenvalue weighted by molar-refractivity contribution is -0.117. The van der Waals surface area contributed by atoms with Crippen LogP contribution in [-0.2, 0) is 21.2 Å². The molecule has 0 aromatic heterocycles. The molecule has 3 rings (SSSR count). The molecule has 0 unspecified atom stereocenters. The molecule has 0 aliphatic heterocycles. The largest absolute Gasteiger partial charge is 0.494 e. The second-order valence-corrected chi connectivity index (χ2v) is 8.91. The molecule has 168 valence electrons. The molecule has 0 heterocycles. The first kappa shape index (κ1) is 23.4. The van der Waals surface area contributed by atoms with E-state index in [1.807, 2.05) is 13.0 Å². The summed E-state index contributed by atoms with van der Waals surface area (Å²) in [7, 11) is -4.04. The number of para-hydroxylation sites is 1. The highest BCUT2D eigenvalue weighted by Crippen LogP contribution is 2.22. The zero-order valence-corrected chi connectivity index (χ0v) is 18.7. The molecular weight excluding hydrogens is 431 g/mol. The van der Waals surface area contributed by atoms with Crippen molar-refractivity contribution in [1.29, 1.82) is 0 Å². The number of rotatable bonds is 9. The maximum absolute atomic E-state index is 14.0. The molecule has 2 N–H and O–H groups in total. The van der Waals surface area contributed by atoms with Crippen molar-refractivity contribution in [2.24, 2.45) is 0 Å². The number of benzene rings is 3. The number of ether oxygens (including phenoxy) is 1. The van der Waals surface area contributed by atoms with Gasteiger partial charge in [0.25, 0.3) is 0 Å². The van der Waals surface area contributed by atoms with Crippen LogP contribution in [0, 0.1) is 12.7 Å². The first-order valence-corrected chi connectivity index (χ1v) is 11.6. The average Bonchev–Trinajstić information content (AvgIpc) is 2.77. The normalized spacial score (nSPS) is 12.2. The number of anilines is 1. The van der Waals surface area contributed by atoms with Crippen molar-refractivity contribution in [2.75, 3.05) is 11.9 Å². The zero-order valence-electron chi connectivity index (χ0n) is 17.8. The highest BCUT2D eigenvalue weighted by atomic mass is 32.2. The van der Waals surface area contributed by atoms with E-state index >= 15 is 0 Å². The highest BCUT2D eigenvalue weighted by molar-refractivity contribution is 7.89. The van der Waals surface area contributed by atoms with E-state index in [-0.39, 0.29) is 17.0 Å². The molecule has 0 saturated heterocycles. The molecule has 3 aromatic carbocycles. The second kappa shape index (κ2) is 10.4. The van der Waals surface area contributed by atoms with Gasteiger partial charge in [0.1, 0.15) is 17.6 Å². The number of aryl methyl sites for hydroxylation is 1. The van der Waals surface area contributed by atoms with Gasteiger partial charge in [-0.2, -0.15) is 4.72 Å². The molecule has 6 nitrogen and oxygen atoms in total. The Bertz CT molecular complexity index is 1180. The maximum Gasteiger partial charge on any atom is 0.242 e. The van der Waals surface area contributed by atoms with Crippen molar-refractivity contribution in [2.45, 2.75) is 31.2 Å². The predicted octanol–water partition coefficient (Wildman–Crippen LogP) is 4.06. The van der Waals surface area contributed by atoms with E-state index in [1.54, 1.807) is 43.3 Å². The van der Waals surface area contributed by atoms with Gasteiger partial charge >= 0.3 is 0 Å². The molecule has 0 radical (unpaired) electrons. The highest BCUT2D eigenvalue weighted by Gasteiger charge is 2.27. The van der Waals surface area contributed by atoms with Gasteiger partial charge in [-0.05, 0) is 61.7 Å². The first-order valence-electron chi connectivity index (χ1n) is 10.1. The lowest BCUT2D eigenvalue weighted by atomic mass is 10.1. The third-order valence-corrected chi connectivity index (χ3v) is 6.25. The van der Waals surface area contributed by atoms with E-state index in [1.165, 1.54) is 30.3 Å². The Morgan fingerprint density at radius 3 is 2.38 bits per heavy atom. The van der Waals surface area contributed by atoms with Crippen LogP contribution in [0.4, 0.5) is 10.1 Å². The number of sulfonamides is 1. The molecule has 1 atom stereocenters. The van der Waals surface area contributed by atoms with Crippen LogP contribution in [0.1, 0.15) is 18.1 Å². The molecule has 0 spiro atoms. The lowest BCUT2D eigenvalue weighted by Gasteiger charge is -2.19. The Hall–Kier alpha value is -3.23. The molecule has 0 bridgehead atoms. The number of carbonyl (C=O) groups excluding carboxylic acids is 1. The average molecular weight is 457 g/mol. The predicted molar refractivity (Wildman–Crippen MR) is 122 cm³/mol. The van der Waals surface area contributed by atoms with Gasteiger partial charge in [0.05, 0.1) is 17.2 Å². The van der Waals surface area contributed by atoms with Crippen molar-refractivity contribution in [1.82, 2.24) is 4.72 Å². The van der Waals surface area contributed by atoms with E-state index in [4.69, 9.17) is 4.74 Å². The van der Waals surface area contributed by atoms with Crippen LogP contribution in [0.25, 0.3) is 0 Å². The van der Waals surface area contributed by atoms with Crippen LogP contribution in [0.2, 0.25) is 0 Å². The Kier molecular flexibility index (Phi) is 7.61. The Morgan fingerprint density at radius 2 is 1.72 bits per heavy atom. The topological polar surface area (TPSA) is 84.5 Å². The summed E-state index contributed by atoms with van der Waals surface area (Å²) in [6.07, 6.45) is 0.0936. The molecular formula is C24H25FN2O4S. The number of amides is 1. The van der Waals surface area contributed by atoms with Gasteiger partial charge in [-0.25, -0.2) is 12.8 Å². The summed E-state index contributed by atoms with van der Waals surface area (Å²) in [5.41, 5.74) is 1.39. The summed E-state index contributed by atoms with van der Waals surface area (Å²) in [6, 6.07) is 18.1. The SMILES string of the molecule is CCOc1ccc(S(=O)(=O)N[C@H](Cc2ccccc2)C(=O)Nc2ccccc2F)cc1C. The van der Waals surface area contributed by atoms with Crippen molar-refractivity contribution in [3.8, 4) is 5.75 Å². The fourth-order valence-corrected chi connectivity index (χ4v) is 4.46. The Labute approximate surface area is 187 Å². The third-order valence-electron chi connectivity index (χ3n) is 4.78. The summed E-state index contributed by atoms with van der Waals surface area (Å²) in [6.45, 7) is 4.05. The summed E-state index contributed by atoms with van der Waals surface area (Å²) in [5, 5.41) is 2.48. The molecule has 0 saturated carbocycles. The molecule has 0 aliphatic rings. The Morgan fingerprint density at radius 1 is 1.03 bits per heavy atom. The van der Waals surface area contributed by atoms with Gasteiger partial charge in [0.15, 0.2) is 0 Å². The van der Waals surface area contributed by atoms with Crippen LogP contribution < -0.4 is 14.8 Å². The molecule has 0 aliphatic carbocycles. The number of nitrogens with one attached hydrogen (secondary N) is 2. The fourth-order valence-electron chi connectivity index (χ4n) is 3.18. The van der Waals surface area contributed by atoms with Crippen molar-refractivity contribution >= 4 is 21.6 Å². The minimum Gasteiger partial charge on any atom is -0.494 e. The smallest absolute Gasteiger partial charge is 0.242 e. The maximum atomic E-state index is 14.0. The minimum atomic E-state index is -4.04. The standard InChI is InChI=1S/C24H25FN2O4S/c1-3-31-23-14-13-19(15-17(23)2)32(29,30)27-22(16-18-9-5-4-6-10-18)24(28)26-21-12-8-7-11-20(21)25/h4-15,22,27H,3,16H2,1-2H3,(H,26,28)/t22-/m1/s1. The van der Waals surface area contributed by atoms with Crippen LogP contribution in [0.15, 0.2) is 77.7 Å². The lowest BCUT2D eigenvalue weighted by Crippen LogP contribution is -2.45. The monoisotopic (exact) mass is 456 g/mol.